The van der Waals surface area contributed by atoms with Crippen LogP contribution in [0.15, 0.2) is 53.9 Å². The standard InChI is InChI=1S/C22H28N6.HI/c1-5-23-22(27-15-20-8-6-16(2)12-17(20)3)26-14-19-7-9-21(25-13-19)28-11-10-24-18(28)4;/h6-13H,5,14-15H2,1-4H3,(H2,23,26,27);1H. The number of aliphatic imine (C=N–C) groups is 1. The first-order valence-electron chi connectivity index (χ1n) is 9.60. The third-order valence-corrected chi connectivity index (χ3v) is 4.59. The molecule has 0 radical (unpaired) electrons. The van der Waals surface area contributed by atoms with Gasteiger partial charge in [0.25, 0.3) is 0 Å². The Balaban J connectivity index is 0.00000300. The number of halogens is 1. The minimum Gasteiger partial charge on any atom is -0.357 e. The van der Waals surface area contributed by atoms with E-state index in [4.69, 9.17) is 4.99 Å². The molecule has 2 N–H and O–H groups in total. The Morgan fingerprint density at radius 1 is 1.07 bits per heavy atom. The summed E-state index contributed by atoms with van der Waals surface area (Å²) in [5.41, 5.74) is 4.91. The van der Waals surface area contributed by atoms with E-state index < -0.39 is 0 Å². The smallest absolute Gasteiger partial charge is 0.191 e. The van der Waals surface area contributed by atoms with Crippen LogP contribution in [0.5, 0.6) is 0 Å². The molecule has 0 aliphatic heterocycles. The van der Waals surface area contributed by atoms with E-state index in [2.05, 4.69) is 65.6 Å². The Morgan fingerprint density at radius 3 is 2.52 bits per heavy atom. The van der Waals surface area contributed by atoms with Crippen molar-refractivity contribution in [1.29, 1.82) is 0 Å². The number of aryl methyl sites for hydroxylation is 3. The second kappa shape index (κ2) is 10.9. The molecular weight excluding hydrogens is 475 g/mol. The lowest BCUT2D eigenvalue weighted by Crippen LogP contribution is -2.36. The summed E-state index contributed by atoms with van der Waals surface area (Å²) in [6, 6.07) is 10.6. The zero-order valence-corrected chi connectivity index (χ0v) is 19.8. The molecule has 1 aromatic carbocycles. The van der Waals surface area contributed by atoms with Crippen LogP contribution < -0.4 is 10.6 Å². The highest BCUT2D eigenvalue weighted by Crippen LogP contribution is 2.11. The fourth-order valence-corrected chi connectivity index (χ4v) is 3.01. The van der Waals surface area contributed by atoms with Crippen LogP contribution in [0.3, 0.4) is 0 Å². The van der Waals surface area contributed by atoms with Crippen molar-refractivity contribution < 1.29 is 0 Å². The van der Waals surface area contributed by atoms with Crippen LogP contribution in [0.4, 0.5) is 0 Å². The fraction of sp³-hybridized carbons (Fsp3) is 0.318. The molecule has 154 valence electrons. The highest BCUT2D eigenvalue weighted by atomic mass is 127. The quantitative estimate of drug-likeness (QED) is 0.302. The molecule has 0 aliphatic rings. The fourth-order valence-electron chi connectivity index (χ4n) is 3.01. The lowest BCUT2D eigenvalue weighted by Gasteiger charge is -2.13. The third kappa shape index (κ3) is 6.28. The normalized spacial score (nSPS) is 11.1. The molecule has 0 amide bonds. The average Bonchev–Trinajstić information content (AvgIpc) is 3.11. The van der Waals surface area contributed by atoms with E-state index in [1.165, 1.54) is 16.7 Å². The number of hydrogen-bond acceptors (Lipinski definition) is 3. The zero-order valence-electron chi connectivity index (χ0n) is 17.4. The molecule has 6 nitrogen and oxygen atoms in total. The van der Waals surface area contributed by atoms with Crippen LogP contribution >= 0.6 is 24.0 Å². The molecule has 0 saturated carbocycles. The summed E-state index contributed by atoms with van der Waals surface area (Å²) < 4.78 is 1.96. The number of rotatable bonds is 6. The van der Waals surface area contributed by atoms with Gasteiger partial charge < -0.3 is 10.6 Å². The maximum Gasteiger partial charge on any atom is 0.191 e. The Morgan fingerprint density at radius 2 is 1.90 bits per heavy atom. The average molecular weight is 504 g/mol. The largest absolute Gasteiger partial charge is 0.357 e. The topological polar surface area (TPSA) is 67.1 Å². The zero-order chi connectivity index (χ0) is 19.9. The number of guanidine groups is 1. The first-order chi connectivity index (χ1) is 13.6. The number of nitrogens with zero attached hydrogens (tertiary/aromatic N) is 4. The van der Waals surface area contributed by atoms with Crippen molar-refractivity contribution in [1.82, 2.24) is 25.2 Å². The molecule has 0 spiro atoms. The summed E-state index contributed by atoms with van der Waals surface area (Å²) >= 11 is 0. The van der Waals surface area contributed by atoms with Crippen LogP contribution in [0.2, 0.25) is 0 Å². The molecule has 3 aromatic rings. The summed E-state index contributed by atoms with van der Waals surface area (Å²) in [6.45, 7) is 10.4. The Labute approximate surface area is 189 Å². The third-order valence-electron chi connectivity index (χ3n) is 4.59. The number of nitrogens with one attached hydrogen (secondary N) is 2. The Hall–Kier alpha value is -2.42. The minimum absolute atomic E-state index is 0. The van der Waals surface area contributed by atoms with Gasteiger partial charge in [0.1, 0.15) is 11.6 Å². The number of hydrogen-bond donors (Lipinski definition) is 2. The van der Waals surface area contributed by atoms with Gasteiger partial charge in [-0.15, -0.1) is 24.0 Å². The SMILES string of the molecule is CCNC(=NCc1ccc(-n2ccnc2C)nc1)NCc1ccc(C)cc1C.I. The van der Waals surface area contributed by atoms with Gasteiger partial charge in [-0.25, -0.2) is 15.0 Å². The van der Waals surface area contributed by atoms with E-state index in [0.717, 1.165) is 36.3 Å². The van der Waals surface area contributed by atoms with Gasteiger partial charge >= 0.3 is 0 Å². The molecule has 2 aromatic heterocycles. The number of benzene rings is 1. The highest BCUT2D eigenvalue weighted by molar-refractivity contribution is 14.0. The summed E-state index contributed by atoms with van der Waals surface area (Å²) in [4.78, 5) is 13.5. The Bertz CT molecular complexity index is 946. The predicted octanol–water partition coefficient (Wildman–Crippen LogP) is 4.07. The van der Waals surface area contributed by atoms with Crippen LogP contribution in [0.25, 0.3) is 5.82 Å². The van der Waals surface area contributed by atoms with Gasteiger partial charge in [-0.3, -0.25) is 4.57 Å². The lowest BCUT2D eigenvalue weighted by molar-refractivity contribution is 0.811. The monoisotopic (exact) mass is 504 g/mol. The van der Waals surface area contributed by atoms with Crippen molar-refractivity contribution in [3.63, 3.8) is 0 Å². The van der Waals surface area contributed by atoms with Gasteiger partial charge in [0.05, 0.1) is 6.54 Å². The second-order valence-corrected chi connectivity index (χ2v) is 6.85. The molecular formula is C22H29IN6. The molecule has 0 saturated heterocycles. The van der Waals surface area contributed by atoms with E-state index in [1.54, 1.807) is 6.20 Å². The first-order valence-corrected chi connectivity index (χ1v) is 9.60. The molecule has 2 heterocycles. The van der Waals surface area contributed by atoms with Crippen molar-refractivity contribution in [2.45, 2.75) is 40.8 Å². The van der Waals surface area contributed by atoms with Crippen LogP contribution in [-0.2, 0) is 13.1 Å². The van der Waals surface area contributed by atoms with Gasteiger partial charge in [0.2, 0.25) is 0 Å². The van der Waals surface area contributed by atoms with Crippen molar-refractivity contribution >= 4 is 29.9 Å². The van der Waals surface area contributed by atoms with E-state index >= 15 is 0 Å². The molecule has 0 fully saturated rings. The predicted molar refractivity (Wildman–Crippen MR) is 129 cm³/mol. The first kappa shape index (κ1) is 22.9. The Kier molecular flexibility index (Phi) is 8.63. The summed E-state index contributed by atoms with van der Waals surface area (Å²) in [5.74, 6) is 2.59. The van der Waals surface area contributed by atoms with E-state index in [0.29, 0.717) is 6.54 Å². The molecule has 0 unspecified atom stereocenters. The minimum atomic E-state index is 0. The van der Waals surface area contributed by atoms with Gasteiger partial charge in [0.15, 0.2) is 5.96 Å². The molecule has 29 heavy (non-hydrogen) atoms. The van der Waals surface area contributed by atoms with E-state index in [1.807, 2.05) is 30.0 Å². The van der Waals surface area contributed by atoms with Gasteiger partial charge in [-0.2, -0.15) is 0 Å². The molecule has 7 heteroatoms. The maximum atomic E-state index is 4.69. The number of aromatic nitrogens is 3. The van der Waals surface area contributed by atoms with Crippen molar-refractivity contribution in [2.24, 2.45) is 4.99 Å². The lowest BCUT2D eigenvalue weighted by atomic mass is 10.1. The van der Waals surface area contributed by atoms with Crippen LogP contribution in [0.1, 0.15) is 35.0 Å². The van der Waals surface area contributed by atoms with Crippen molar-refractivity contribution in [3.8, 4) is 5.82 Å². The van der Waals surface area contributed by atoms with Crippen molar-refractivity contribution in [2.75, 3.05) is 6.54 Å². The number of pyridine rings is 1. The van der Waals surface area contributed by atoms with Crippen molar-refractivity contribution in [3.05, 3.63) is 77.0 Å². The molecule has 3 rings (SSSR count). The van der Waals surface area contributed by atoms with Gasteiger partial charge in [0, 0.05) is 31.7 Å². The van der Waals surface area contributed by atoms with Crippen LogP contribution in [-0.4, -0.2) is 27.0 Å². The van der Waals surface area contributed by atoms with Gasteiger partial charge in [-0.1, -0.05) is 29.8 Å². The molecule has 0 aliphatic carbocycles. The molecule has 0 bridgehead atoms. The van der Waals surface area contributed by atoms with Crippen LogP contribution in [0, 0.1) is 20.8 Å². The van der Waals surface area contributed by atoms with Gasteiger partial charge in [-0.05, 0) is 50.5 Å². The highest BCUT2D eigenvalue weighted by Gasteiger charge is 2.04. The summed E-state index contributed by atoms with van der Waals surface area (Å²) in [6.07, 6.45) is 5.56. The number of imidazole rings is 1. The molecule has 0 atom stereocenters. The summed E-state index contributed by atoms with van der Waals surface area (Å²) in [5, 5.41) is 6.72. The summed E-state index contributed by atoms with van der Waals surface area (Å²) in [7, 11) is 0. The second-order valence-electron chi connectivity index (χ2n) is 6.85. The maximum absolute atomic E-state index is 4.69. The van der Waals surface area contributed by atoms with E-state index in [9.17, 15) is 0 Å². The van der Waals surface area contributed by atoms with E-state index in [-0.39, 0.29) is 24.0 Å².